The van der Waals surface area contributed by atoms with Crippen molar-refractivity contribution in [2.75, 3.05) is 38.0 Å². The molecule has 1 aliphatic heterocycles. The van der Waals surface area contributed by atoms with Gasteiger partial charge in [-0.15, -0.1) is 10.2 Å². The van der Waals surface area contributed by atoms with Gasteiger partial charge in [-0.3, -0.25) is 19.7 Å². The van der Waals surface area contributed by atoms with Crippen LogP contribution in [-0.2, 0) is 16.2 Å². The molecule has 0 spiro atoms. The van der Waals surface area contributed by atoms with Crippen LogP contribution in [0.15, 0.2) is 41.9 Å². The number of anilines is 2. The van der Waals surface area contributed by atoms with Gasteiger partial charge in [-0.1, -0.05) is 50.3 Å². The molecule has 0 radical (unpaired) electrons. The fourth-order valence-corrected chi connectivity index (χ4v) is 8.82. The SMILES string of the molecule is COc1c(CN2O[C@@H](CO)[C@@H]([C@H](C)O)[C@H]2C(=O)N[C@H]2C[C@H]3C[C@H]([C@@H]2C)C3(C)C)cccc1-c1cc(C(=O)Nc2nncs2)cc(N(C)C)c1. The van der Waals surface area contributed by atoms with Crippen LogP contribution in [0.2, 0.25) is 0 Å². The Bertz CT molecular complexity index is 1670. The van der Waals surface area contributed by atoms with E-state index in [2.05, 4.69) is 41.6 Å². The zero-order valence-corrected chi connectivity index (χ0v) is 30.0. The lowest BCUT2D eigenvalue weighted by Crippen LogP contribution is -2.62. The first-order valence-corrected chi connectivity index (χ1v) is 17.8. The van der Waals surface area contributed by atoms with Crippen LogP contribution in [0.1, 0.15) is 56.5 Å². The fourth-order valence-electron chi connectivity index (χ4n) is 8.38. The Hall–Kier alpha value is -3.62. The van der Waals surface area contributed by atoms with Gasteiger partial charge in [0.05, 0.1) is 26.4 Å². The summed E-state index contributed by atoms with van der Waals surface area (Å²) < 4.78 is 6.01. The van der Waals surface area contributed by atoms with Crippen molar-refractivity contribution >= 4 is 34.0 Å². The van der Waals surface area contributed by atoms with E-state index in [4.69, 9.17) is 9.57 Å². The molecule has 2 aromatic carbocycles. The summed E-state index contributed by atoms with van der Waals surface area (Å²) in [4.78, 5) is 35.6. The highest BCUT2D eigenvalue weighted by atomic mass is 32.1. The summed E-state index contributed by atoms with van der Waals surface area (Å²) in [5.74, 6) is 0.844. The molecular formula is C36H48N6O6S. The summed E-state index contributed by atoms with van der Waals surface area (Å²) in [6, 6.07) is 10.5. The molecule has 7 rings (SSSR count). The summed E-state index contributed by atoms with van der Waals surface area (Å²) in [5.41, 5.74) is 5.33. The molecule has 4 N–H and O–H groups in total. The van der Waals surface area contributed by atoms with E-state index in [9.17, 15) is 19.8 Å². The highest BCUT2D eigenvalue weighted by molar-refractivity contribution is 7.13. The van der Waals surface area contributed by atoms with E-state index in [1.165, 1.54) is 17.8 Å². The number of benzene rings is 2. The van der Waals surface area contributed by atoms with Gasteiger partial charge in [-0.2, -0.15) is 5.06 Å². The minimum absolute atomic E-state index is 0.0362. The molecule has 1 saturated heterocycles. The van der Waals surface area contributed by atoms with Crippen LogP contribution in [0.3, 0.4) is 0 Å². The van der Waals surface area contributed by atoms with Crippen LogP contribution in [0.4, 0.5) is 10.8 Å². The number of aliphatic hydroxyl groups is 2. The van der Waals surface area contributed by atoms with Gasteiger partial charge in [-0.05, 0) is 66.7 Å². The van der Waals surface area contributed by atoms with E-state index in [0.717, 1.165) is 28.8 Å². The van der Waals surface area contributed by atoms with Crippen LogP contribution < -0.4 is 20.3 Å². The third-order valence-corrected chi connectivity index (χ3v) is 11.9. The number of carbonyl (C=O) groups is 2. The van der Waals surface area contributed by atoms with Gasteiger partial charge < -0.3 is 25.2 Å². The van der Waals surface area contributed by atoms with E-state index >= 15 is 0 Å². The number of carbonyl (C=O) groups excluding carboxylic acids is 2. The number of para-hydroxylation sites is 1. The summed E-state index contributed by atoms with van der Waals surface area (Å²) in [6.45, 7) is 8.34. The first kappa shape index (κ1) is 35.2. The minimum atomic E-state index is -0.902. The van der Waals surface area contributed by atoms with E-state index in [1.54, 1.807) is 36.7 Å². The molecule has 13 heteroatoms. The molecule has 1 aromatic heterocycles. The van der Waals surface area contributed by atoms with Gasteiger partial charge in [-0.25, -0.2) is 0 Å². The average molecular weight is 693 g/mol. The van der Waals surface area contributed by atoms with Crippen molar-refractivity contribution in [2.45, 2.75) is 71.4 Å². The Morgan fingerprint density at radius 2 is 2.00 bits per heavy atom. The quantitative estimate of drug-likeness (QED) is 0.231. The number of ether oxygens (including phenoxy) is 1. The number of methoxy groups -OCH3 is 1. The topological polar surface area (TPSA) is 149 Å². The zero-order chi connectivity index (χ0) is 35.2. The largest absolute Gasteiger partial charge is 0.496 e. The van der Waals surface area contributed by atoms with Crippen molar-refractivity contribution in [2.24, 2.45) is 29.1 Å². The predicted molar refractivity (Wildman–Crippen MR) is 188 cm³/mol. The lowest BCUT2D eigenvalue weighted by molar-refractivity contribution is -0.183. The van der Waals surface area contributed by atoms with Gasteiger partial charge in [0, 0.05) is 48.4 Å². The number of fused-ring (bicyclic) bond motifs is 2. The second kappa shape index (κ2) is 13.9. The van der Waals surface area contributed by atoms with Gasteiger partial charge in [0.15, 0.2) is 0 Å². The lowest BCUT2D eigenvalue weighted by Gasteiger charge is -2.62. The Kier molecular flexibility index (Phi) is 10.0. The molecule has 49 heavy (non-hydrogen) atoms. The van der Waals surface area contributed by atoms with Gasteiger partial charge in [0.25, 0.3) is 5.91 Å². The number of amides is 2. The number of aliphatic hydroxyl groups excluding tert-OH is 2. The number of hydrogen-bond acceptors (Lipinski definition) is 11. The molecule has 2 amide bonds. The first-order valence-electron chi connectivity index (χ1n) is 16.9. The van der Waals surface area contributed by atoms with Crippen molar-refractivity contribution in [3.05, 3.63) is 53.0 Å². The molecule has 12 nitrogen and oxygen atoms in total. The number of nitrogens with one attached hydrogen (secondary N) is 2. The van der Waals surface area contributed by atoms with Gasteiger partial charge in [0.1, 0.15) is 23.4 Å². The smallest absolute Gasteiger partial charge is 0.257 e. The van der Waals surface area contributed by atoms with E-state index in [-0.39, 0.29) is 36.4 Å². The molecule has 0 unspecified atom stereocenters. The van der Waals surface area contributed by atoms with Crippen molar-refractivity contribution < 1.29 is 29.4 Å². The maximum atomic E-state index is 14.2. The van der Waals surface area contributed by atoms with Crippen molar-refractivity contribution in [1.29, 1.82) is 0 Å². The third kappa shape index (κ3) is 6.66. The van der Waals surface area contributed by atoms with Crippen molar-refractivity contribution in [3.63, 3.8) is 0 Å². The second-order valence-electron chi connectivity index (χ2n) is 14.6. The molecule has 4 fully saturated rings. The number of hydroxylamine groups is 2. The Morgan fingerprint density at radius 3 is 2.61 bits per heavy atom. The molecule has 2 heterocycles. The highest BCUT2D eigenvalue weighted by Crippen LogP contribution is 2.61. The number of aromatic nitrogens is 2. The number of hydrogen-bond donors (Lipinski definition) is 4. The zero-order valence-electron chi connectivity index (χ0n) is 29.2. The Labute approximate surface area is 291 Å². The van der Waals surface area contributed by atoms with Crippen LogP contribution in [0, 0.1) is 29.1 Å². The summed E-state index contributed by atoms with van der Waals surface area (Å²) in [5, 5.41) is 37.0. The average Bonchev–Trinajstić information content (AvgIpc) is 3.72. The predicted octanol–water partition coefficient (Wildman–Crippen LogP) is 4.19. The number of rotatable bonds is 11. The van der Waals surface area contributed by atoms with Crippen molar-refractivity contribution in [1.82, 2.24) is 20.6 Å². The maximum Gasteiger partial charge on any atom is 0.257 e. The normalized spacial score (nSPS) is 28.0. The van der Waals surface area contributed by atoms with Gasteiger partial charge >= 0.3 is 0 Å². The van der Waals surface area contributed by atoms with Crippen LogP contribution in [0.5, 0.6) is 5.75 Å². The Balaban J connectivity index is 1.30. The first-order chi connectivity index (χ1) is 23.3. The van der Waals surface area contributed by atoms with Crippen molar-refractivity contribution in [3.8, 4) is 16.9 Å². The molecule has 2 bridgehead atoms. The van der Waals surface area contributed by atoms with Crippen LogP contribution in [0.25, 0.3) is 11.1 Å². The van der Waals surface area contributed by atoms with E-state index < -0.39 is 24.2 Å². The Morgan fingerprint density at radius 1 is 1.22 bits per heavy atom. The highest BCUT2D eigenvalue weighted by Gasteiger charge is 2.57. The van der Waals surface area contributed by atoms with E-state index in [1.807, 2.05) is 43.3 Å². The summed E-state index contributed by atoms with van der Waals surface area (Å²) in [7, 11) is 5.40. The van der Waals surface area contributed by atoms with Crippen LogP contribution in [-0.4, -0.2) is 89.4 Å². The third-order valence-electron chi connectivity index (χ3n) is 11.3. The van der Waals surface area contributed by atoms with Crippen LogP contribution >= 0.6 is 11.3 Å². The second-order valence-corrected chi connectivity index (χ2v) is 15.4. The van der Waals surface area contributed by atoms with E-state index in [0.29, 0.717) is 34.2 Å². The lowest BCUT2D eigenvalue weighted by atomic mass is 9.45. The summed E-state index contributed by atoms with van der Waals surface area (Å²) >= 11 is 1.24. The molecule has 3 aromatic rings. The maximum absolute atomic E-state index is 14.2. The fraction of sp³-hybridized carbons (Fsp3) is 0.556. The monoisotopic (exact) mass is 692 g/mol. The molecule has 264 valence electrons. The molecule has 3 aliphatic carbocycles. The number of nitrogens with zero attached hydrogens (tertiary/aromatic N) is 4. The van der Waals surface area contributed by atoms with Gasteiger partial charge in [0.2, 0.25) is 11.0 Å². The summed E-state index contributed by atoms with van der Waals surface area (Å²) in [6.07, 6.45) is 0.466. The minimum Gasteiger partial charge on any atom is -0.496 e. The molecule has 8 atom stereocenters. The molecule has 3 saturated carbocycles. The standard InChI is InChI=1S/C36H48N6O6S/c1-19-27-14-24(36(27,3)4)15-28(19)38-34(46)31-30(20(2)44)29(17-43)48-42(31)16-21-9-8-10-26(32(21)47-7)22-11-23(13-25(12-22)41(5)6)33(45)39-35-40-37-18-49-35/h8-13,18-20,24,27-31,43-44H,14-17H2,1-7H3,(H,38,46)(H,39,40,45)/t19-,20-,24+,27+,28-,29-,30+,31-/m0/s1. The molecular weight excluding hydrogens is 644 g/mol. The molecule has 4 aliphatic rings.